The first kappa shape index (κ1) is 8.46. The average Bonchev–Trinajstić information content (AvgIpc) is 2.05. The molecule has 0 aliphatic heterocycles. The van der Waals surface area contributed by atoms with Crippen molar-refractivity contribution >= 4 is 5.69 Å². The Morgan fingerprint density at radius 3 is 2.58 bits per heavy atom. The molecular weight excluding hydrogens is 152 g/mol. The first-order valence-electron chi connectivity index (χ1n) is 3.57. The third-order valence-corrected chi connectivity index (χ3v) is 1.11. The quantitative estimate of drug-likeness (QED) is 0.381. The highest BCUT2D eigenvalue weighted by molar-refractivity contribution is 5.34. The van der Waals surface area contributed by atoms with Crippen LogP contribution in [0.25, 0.3) is 0 Å². The Morgan fingerprint density at radius 2 is 2.00 bits per heavy atom. The molecule has 0 atom stereocenters. The molecule has 62 valence electrons. The van der Waals surface area contributed by atoms with Gasteiger partial charge in [-0.2, -0.15) is 0 Å². The second-order valence-electron chi connectivity index (χ2n) is 2.31. The van der Waals surface area contributed by atoms with Gasteiger partial charge in [0.25, 0.3) is 0 Å². The summed E-state index contributed by atoms with van der Waals surface area (Å²) in [6.45, 7) is 5.22. The zero-order chi connectivity index (χ0) is 8.81. The van der Waals surface area contributed by atoms with Gasteiger partial charge in [-0.3, -0.25) is 0 Å². The average molecular weight is 162 g/mol. The summed E-state index contributed by atoms with van der Waals surface area (Å²) < 4.78 is 0. The Bertz CT molecular complexity index is 280. The van der Waals surface area contributed by atoms with Gasteiger partial charge in [0.2, 0.25) is 0 Å². The van der Waals surface area contributed by atoms with E-state index in [1.54, 1.807) is 6.92 Å². The van der Waals surface area contributed by atoms with E-state index in [1.807, 2.05) is 30.3 Å². The summed E-state index contributed by atoms with van der Waals surface area (Å²) in [4.78, 5) is 4.71. The molecule has 0 aliphatic rings. The smallest absolute Gasteiger partial charge is 0.126 e. The van der Waals surface area contributed by atoms with E-state index in [9.17, 15) is 0 Å². The number of hydrogen-bond donors (Lipinski definition) is 0. The minimum absolute atomic E-state index is 0.523. The van der Waals surface area contributed by atoms with Gasteiger partial charge in [0.15, 0.2) is 0 Å². The third kappa shape index (κ3) is 2.96. The van der Waals surface area contributed by atoms with Crippen LogP contribution in [0.1, 0.15) is 6.92 Å². The van der Waals surface area contributed by atoms with Crippen molar-refractivity contribution in [1.29, 1.82) is 0 Å². The van der Waals surface area contributed by atoms with Gasteiger partial charge in [-0.25, -0.2) is 0 Å². The van der Waals surface area contributed by atoms with Crippen molar-refractivity contribution in [1.82, 2.24) is 0 Å². The lowest BCUT2D eigenvalue weighted by atomic mass is 10.3. The largest absolute Gasteiger partial charge is 0.345 e. The topological polar surface area (TPSA) is 34.0 Å². The van der Waals surface area contributed by atoms with Gasteiger partial charge in [-0.15, -0.1) is 5.11 Å². The molecule has 3 heteroatoms. The van der Waals surface area contributed by atoms with Crippen LogP contribution in [-0.4, -0.2) is 0 Å². The van der Waals surface area contributed by atoms with Gasteiger partial charge < -0.3 is 4.84 Å². The number of benzene rings is 1. The lowest BCUT2D eigenvalue weighted by molar-refractivity contribution is 0.208. The van der Waals surface area contributed by atoms with E-state index in [0.29, 0.717) is 5.76 Å². The highest BCUT2D eigenvalue weighted by Crippen LogP contribution is 2.10. The van der Waals surface area contributed by atoms with E-state index in [2.05, 4.69) is 17.0 Å². The molecule has 0 unspecified atom stereocenters. The molecule has 0 aromatic heterocycles. The minimum atomic E-state index is 0.523. The van der Waals surface area contributed by atoms with Crippen LogP contribution in [-0.2, 0) is 4.84 Å². The number of nitrogens with zero attached hydrogens (tertiary/aromatic N) is 2. The standard InChI is InChI=1S/C9H10N2O/c1-8(2)12-11-10-9-6-4-3-5-7-9/h3-7H,1H2,2H3. The zero-order valence-electron chi connectivity index (χ0n) is 6.90. The molecule has 0 heterocycles. The van der Waals surface area contributed by atoms with Gasteiger partial charge >= 0.3 is 0 Å². The molecule has 0 spiro atoms. The highest BCUT2D eigenvalue weighted by Gasteiger charge is 1.84. The van der Waals surface area contributed by atoms with Crippen molar-refractivity contribution in [3.8, 4) is 0 Å². The molecule has 0 saturated heterocycles. The fraction of sp³-hybridized carbons (Fsp3) is 0.111. The monoisotopic (exact) mass is 162 g/mol. The van der Waals surface area contributed by atoms with Gasteiger partial charge in [-0.1, -0.05) is 24.8 Å². The molecule has 0 saturated carbocycles. The van der Waals surface area contributed by atoms with Crippen molar-refractivity contribution in [2.45, 2.75) is 6.92 Å². The molecule has 1 aromatic carbocycles. The summed E-state index contributed by atoms with van der Waals surface area (Å²) in [7, 11) is 0. The van der Waals surface area contributed by atoms with Crippen LogP contribution in [0.4, 0.5) is 5.69 Å². The Hall–Kier alpha value is -1.64. The Kier molecular flexibility index (Phi) is 3.02. The van der Waals surface area contributed by atoms with Crippen LogP contribution >= 0.6 is 0 Å². The van der Waals surface area contributed by atoms with Crippen molar-refractivity contribution in [3.05, 3.63) is 42.7 Å². The van der Waals surface area contributed by atoms with E-state index in [-0.39, 0.29) is 0 Å². The summed E-state index contributed by atoms with van der Waals surface area (Å²) in [5.74, 6) is 0.523. The number of hydrogen-bond acceptors (Lipinski definition) is 3. The summed E-state index contributed by atoms with van der Waals surface area (Å²) >= 11 is 0. The van der Waals surface area contributed by atoms with E-state index in [1.165, 1.54) is 0 Å². The molecule has 3 nitrogen and oxygen atoms in total. The molecule has 0 N–H and O–H groups in total. The normalized spacial score (nSPS) is 10.1. The molecule has 0 bridgehead atoms. The molecular formula is C9H10N2O. The summed E-state index contributed by atoms with van der Waals surface area (Å²) in [6.07, 6.45) is 0. The number of rotatable bonds is 3. The van der Waals surface area contributed by atoms with Crippen molar-refractivity contribution in [2.75, 3.05) is 0 Å². The first-order valence-corrected chi connectivity index (χ1v) is 3.57. The minimum Gasteiger partial charge on any atom is -0.345 e. The second kappa shape index (κ2) is 4.28. The summed E-state index contributed by atoms with van der Waals surface area (Å²) in [6, 6.07) is 9.36. The van der Waals surface area contributed by atoms with Crippen molar-refractivity contribution < 1.29 is 4.84 Å². The van der Waals surface area contributed by atoms with Gasteiger partial charge in [0.05, 0.1) is 5.69 Å². The molecule has 1 rings (SSSR count). The Labute approximate surface area is 71.4 Å². The summed E-state index contributed by atoms with van der Waals surface area (Å²) in [5.41, 5.74) is 0.763. The zero-order valence-corrected chi connectivity index (χ0v) is 6.90. The Balaban J connectivity index is 2.52. The first-order chi connectivity index (χ1) is 5.79. The van der Waals surface area contributed by atoms with Crippen LogP contribution in [0, 0.1) is 0 Å². The molecule has 0 radical (unpaired) electrons. The number of allylic oxidation sites excluding steroid dienone is 1. The van der Waals surface area contributed by atoms with E-state index >= 15 is 0 Å². The fourth-order valence-corrected chi connectivity index (χ4v) is 0.632. The van der Waals surface area contributed by atoms with Gasteiger partial charge in [0.1, 0.15) is 5.76 Å². The predicted molar refractivity (Wildman–Crippen MR) is 46.9 cm³/mol. The SMILES string of the molecule is C=C(C)ON=Nc1ccccc1. The molecule has 0 amide bonds. The lowest BCUT2D eigenvalue weighted by Crippen LogP contribution is -1.71. The van der Waals surface area contributed by atoms with E-state index in [4.69, 9.17) is 4.84 Å². The van der Waals surface area contributed by atoms with Crippen LogP contribution in [0.15, 0.2) is 53.1 Å². The third-order valence-electron chi connectivity index (χ3n) is 1.11. The molecule has 0 fully saturated rings. The molecule has 0 aliphatic carbocycles. The van der Waals surface area contributed by atoms with Gasteiger partial charge in [0, 0.05) is 5.28 Å². The maximum atomic E-state index is 4.71. The second-order valence-corrected chi connectivity index (χ2v) is 2.31. The lowest BCUT2D eigenvalue weighted by Gasteiger charge is -1.91. The van der Waals surface area contributed by atoms with E-state index < -0.39 is 0 Å². The van der Waals surface area contributed by atoms with Crippen LogP contribution in [0.5, 0.6) is 0 Å². The summed E-state index contributed by atoms with van der Waals surface area (Å²) in [5, 5.41) is 7.25. The Morgan fingerprint density at radius 1 is 1.33 bits per heavy atom. The van der Waals surface area contributed by atoms with Crippen molar-refractivity contribution in [2.24, 2.45) is 10.4 Å². The maximum absolute atomic E-state index is 4.71. The van der Waals surface area contributed by atoms with Crippen LogP contribution in [0.2, 0.25) is 0 Å². The van der Waals surface area contributed by atoms with E-state index in [0.717, 1.165) is 5.69 Å². The highest BCUT2D eigenvalue weighted by atomic mass is 16.6. The van der Waals surface area contributed by atoms with Crippen molar-refractivity contribution in [3.63, 3.8) is 0 Å². The van der Waals surface area contributed by atoms with Crippen LogP contribution < -0.4 is 0 Å². The van der Waals surface area contributed by atoms with Crippen LogP contribution in [0.3, 0.4) is 0 Å². The predicted octanol–water partition coefficient (Wildman–Crippen LogP) is 3.24. The fourth-order valence-electron chi connectivity index (χ4n) is 0.632. The maximum Gasteiger partial charge on any atom is 0.126 e. The molecule has 1 aromatic rings. The van der Waals surface area contributed by atoms with Gasteiger partial charge in [-0.05, 0) is 19.1 Å². The molecule has 12 heavy (non-hydrogen) atoms.